The Balaban J connectivity index is 2.65. The van der Waals surface area contributed by atoms with Crippen LogP contribution in [0.1, 0.15) is 44.2 Å². The van der Waals surface area contributed by atoms with Gasteiger partial charge in [0, 0.05) is 6.04 Å². The summed E-state index contributed by atoms with van der Waals surface area (Å²) in [7, 11) is 0. The van der Waals surface area contributed by atoms with Gasteiger partial charge in [-0.1, -0.05) is 50.3 Å². The van der Waals surface area contributed by atoms with Crippen molar-refractivity contribution in [1.29, 1.82) is 0 Å². The first kappa shape index (κ1) is 15.0. The van der Waals surface area contributed by atoms with Crippen LogP contribution in [0.25, 0.3) is 0 Å². The SMILES string of the molecule is C=C(CC)CC(Cc1ccccc1C)NCCC. The third kappa shape index (κ3) is 5.05. The van der Waals surface area contributed by atoms with Crippen molar-refractivity contribution < 1.29 is 0 Å². The minimum Gasteiger partial charge on any atom is -0.313 e. The zero-order valence-electron chi connectivity index (χ0n) is 12.1. The van der Waals surface area contributed by atoms with Gasteiger partial charge >= 0.3 is 0 Å². The number of benzene rings is 1. The Morgan fingerprint density at radius 2 is 2.00 bits per heavy atom. The average Bonchev–Trinajstić information content (AvgIpc) is 2.38. The Morgan fingerprint density at radius 1 is 1.28 bits per heavy atom. The van der Waals surface area contributed by atoms with Gasteiger partial charge in [0.25, 0.3) is 0 Å². The summed E-state index contributed by atoms with van der Waals surface area (Å²) in [5.74, 6) is 0. The molecule has 1 atom stereocenters. The second kappa shape index (κ2) is 8.10. The van der Waals surface area contributed by atoms with Crippen LogP contribution in [0, 0.1) is 6.92 Å². The highest BCUT2D eigenvalue weighted by Crippen LogP contribution is 2.15. The quantitative estimate of drug-likeness (QED) is 0.675. The molecule has 0 amide bonds. The molecule has 100 valence electrons. The summed E-state index contributed by atoms with van der Waals surface area (Å²) in [5.41, 5.74) is 4.19. The molecule has 1 nitrogen and oxygen atoms in total. The summed E-state index contributed by atoms with van der Waals surface area (Å²) in [5, 5.41) is 3.65. The molecule has 1 N–H and O–H groups in total. The van der Waals surface area contributed by atoms with Gasteiger partial charge in [0.2, 0.25) is 0 Å². The number of hydrogen-bond donors (Lipinski definition) is 1. The van der Waals surface area contributed by atoms with Crippen molar-refractivity contribution in [2.24, 2.45) is 0 Å². The molecule has 0 saturated carbocycles. The van der Waals surface area contributed by atoms with Crippen LogP contribution in [0.3, 0.4) is 0 Å². The van der Waals surface area contributed by atoms with Crippen molar-refractivity contribution in [3.05, 3.63) is 47.5 Å². The molecule has 18 heavy (non-hydrogen) atoms. The lowest BCUT2D eigenvalue weighted by Crippen LogP contribution is -2.32. The van der Waals surface area contributed by atoms with E-state index in [2.05, 4.69) is 56.9 Å². The van der Waals surface area contributed by atoms with E-state index in [0.29, 0.717) is 6.04 Å². The van der Waals surface area contributed by atoms with E-state index >= 15 is 0 Å². The van der Waals surface area contributed by atoms with Crippen LogP contribution in [-0.4, -0.2) is 12.6 Å². The van der Waals surface area contributed by atoms with E-state index in [0.717, 1.165) is 25.8 Å². The fourth-order valence-electron chi connectivity index (χ4n) is 2.16. The van der Waals surface area contributed by atoms with Gasteiger partial charge in [-0.2, -0.15) is 0 Å². The van der Waals surface area contributed by atoms with E-state index in [1.54, 1.807) is 0 Å². The fraction of sp³-hybridized carbons (Fsp3) is 0.529. The van der Waals surface area contributed by atoms with Crippen LogP contribution >= 0.6 is 0 Å². The third-order valence-electron chi connectivity index (χ3n) is 3.45. The molecule has 0 aromatic heterocycles. The van der Waals surface area contributed by atoms with Crippen LogP contribution in [0.4, 0.5) is 0 Å². The largest absolute Gasteiger partial charge is 0.313 e. The van der Waals surface area contributed by atoms with E-state index < -0.39 is 0 Å². The van der Waals surface area contributed by atoms with E-state index in [1.165, 1.54) is 23.1 Å². The first-order valence-electron chi connectivity index (χ1n) is 7.11. The Bertz CT molecular complexity index is 368. The summed E-state index contributed by atoms with van der Waals surface area (Å²) < 4.78 is 0. The molecule has 0 spiro atoms. The lowest BCUT2D eigenvalue weighted by Gasteiger charge is -2.20. The smallest absolute Gasteiger partial charge is 0.0145 e. The molecule has 1 heteroatoms. The van der Waals surface area contributed by atoms with Gasteiger partial charge in [-0.25, -0.2) is 0 Å². The minimum atomic E-state index is 0.526. The average molecular weight is 245 g/mol. The topological polar surface area (TPSA) is 12.0 Å². The maximum Gasteiger partial charge on any atom is 0.0145 e. The lowest BCUT2D eigenvalue weighted by atomic mass is 9.96. The molecule has 0 saturated heterocycles. The predicted octanol–water partition coefficient (Wildman–Crippen LogP) is 4.26. The van der Waals surface area contributed by atoms with Crippen molar-refractivity contribution in [3.63, 3.8) is 0 Å². The normalized spacial score (nSPS) is 12.4. The van der Waals surface area contributed by atoms with Crippen LogP contribution in [0.15, 0.2) is 36.4 Å². The Hall–Kier alpha value is -1.08. The first-order valence-corrected chi connectivity index (χ1v) is 7.11. The molecule has 0 radical (unpaired) electrons. The van der Waals surface area contributed by atoms with Crippen LogP contribution in [0.5, 0.6) is 0 Å². The lowest BCUT2D eigenvalue weighted by molar-refractivity contribution is 0.499. The molecule has 0 aliphatic carbocycles. The Morgan fingerprint density at radius 3 is 2.61 bits per heavy atom. The van der Waals surface area contributed by atoms with Crippen LogP contribution < -0.4 is 5.32 Å². The maximum atomic E-state index is 4.15. The number of nitrogens with one attached hydrogen (secondary N) is 1. The molecule has 0 fully saturated rings. The summed E-state index contributed by atoms with van der Waals surface area (Å²) in [6, 6.07) is 9.20. The summed E-state index contributed by atoms with van der Waals surface area (Å²) in [4.78, 5) is 0. The Kier molecular flexibility index (Phi) is 6.74. The monoisotopic (exact) mass is 245 g/mol. The highest BCUT2D eigenvalue weighted by atomic mass is 14.9. The summed E-state index contributed by atoms with van der Waals surface area (Å²) in [6.45, 7) is 11.8. The van der Waals surface area contributed by atoms with E-state index in [-0.39, 0.29) is 0 Å². The van der Waals surface area contributed by atoms with E-state index in [1.807, 2.05) is 0 Å². The van der Waals surface area contributed by atoms with Crippen molar-refractivity contribution in [2.75, 3.05) is 6.54 Å². The first-order chi connectivity index (χ1) is 8.67. The fourth-order valence-corrected chi connectivity index (χ4v) is 2.16. The molecule has 0 aliphatic rings. The molecule has 0 bridgehead atoms. The highest BCUT2D eigenvalue weighted by Gasteiger charge is 2.11. The minimum absolute atomic E-state index is 0.526. The molecule has 0 aliphatic heterocycles. The van der Waals surface area contributed by atoms with Gasteiger partial charge in [-0.15, -0.1) is 0 Å². The molecule has 1 aromatic rings. The number of hydrogen-bond acceptors (Lipinski definition) is 1. The van der Waals surface area contributed by atoms with Gasteiger partial charge in [-0.3, -0.25) is 0 Å². The molecular weight excluding hydrogens is 218 g/mol. The molecule has 1 aromatic carbocycles. The van der Waals surface area contributed by atoms with Gasteiger partial charge < -0.3 is 5.32 Å². The van der Waals surface area contributed by atoms with Crippen molar-refractivity contribution in [3.8, 4) is 0 Å². The number of aryl methyl sites for hydroxylation is 1. The second-order valence-corrected chi connectivity index (χ2v) is 5.09. The Labute approximate surface area is 112 Å². The van der Waals surface area contributed by atoms with Crippen molar-refractivity contribution in [2.45, 2.75) is 52.5 Å². The van der Waals surface area contributed by atoms with Gasteiger partial charge in [0.05, 0.1) is 0 Å². The summed E-state index contributed by atoms with van der Waals surface area (Å²) in [6.07, 6.45) is 4.46. The standard InChI is InChI=1S/C17H27N/c1-5-11-18-17(12-14(3)6-2)13-16-10-8-7-9-15(16)4/h7-10,17-18H,3,5-6,11-13H2,1-2,4H3. The van der Waals surface area contributed by atoms with Crippen LogP contribution in [0.2, 0.25) is 0 Å². The number of rotatable bonds is 8. The molecular formula is C17H27N. The van der Waals surface area contributed by atoms with E-state index in [9.17, 15) is 0 Å². The van der Waals surface area contributed by atoms with Crippen molar-refractivity contribution >= 4 is 0 Å². The third-order valence-corrected chi connectivity index (χ3v) is 3.45. The molecule has 1 unspecified atom stereocenters. The zero-order valence-corrected chi connectivity index (χ0v) is 12.1. The van der Waals surface area contributed by atoms with Gasteiger partial charge in [0.1, 0.15) is 0 Å². The molecule has 1 rings (SSSR count). The van der Waals surface area contributed by atoms with Gasteiger partial charge in [0.15, 0.2) is 0 Å². The van der Waals surface area contributed by atoms with E-state index in [4.69, 9.17) is 0 Å². The molecule has 0 heterocycles. The second-order valence-electron chi connectivity index (χ2n) is 5.09. The zero-order chi connectivity index (χ0) is 13.4. The highest BCUT2D eigenvalue weighted by molar-refractivity contribution is 5.26. The summed E-state index contributed by atoms with van der Waals surface area (Å²) >= 11 is 0. The predicted molar refractivity (Wildman–Crippen MR) is 81.0 cm³/mol. The maximum absolute atomic E-state index is 4.15. The van der Waals surface area contributed by atoms with Crippen LogP contribution in [-0.2, 0) is 6.42 Å². The van der Waals surface area contributed by atoms with Gasteiger partial charge in [-0.05, 0) is 50.3 Å². The van der Waals surface area contributed by atoms with Crippen molar-refractivity contribution in [1.82, 2.24) is 5.32 Å².